The number of halogens is 2. The van der Waals surface area contributed by atoms with Crippen LogP contribution < -0.4 is 0 Å². The van der Waals surface area contributed by atoms with Crippen molar-refractivity contribution in [2.45, 2.75) is 12.8 Å². The van der Waals surface area contributed by atoms with Crippen molar-refractivity contribution in [3.8, 4) is 0 Å². The van der Waals surface area contributed by atoms with Crippen LogP contribution in [0, 0.1) is 0 Å². The number of imidazole rings is 1. The van der Waals surface area contributed by atoms with Gasteiger partial charge < -0.3 is 9.67 Å². The van der Waals surface area contributed by atoms with Gasteiger partial charge in [0.1, 0.15) is 5.82 Å². The molecular formula is C8H10F2N2O. The average Bonchev–Trinajstić information content (AvgIpc) is 2.34. The summed E-state index contributed by atoms with van der Waals surface area (Å²) >= 11 is 0. The van der Waals surface area contributed by atoms with E-state index in [0.29, 0.717) is 12.7 Å². The van der Waals surface area contributed by atoms with E-state index in [1.807, 2.05) is 0 Å². The Kier molecular flexibility index (Phi) is 2.36. The first-order valence-corrected chi connectivity index (χ1v) is 3.67. The van der Waals surface area contributed by atoms with Crippen molar-refractivity contribution in [1.82, 2.24) is 9.55 Å². The van der Waals surface area contributed by atoms with Crippen molar-refractivity contribution in [2.24, 2.45) is 7.05 Å². The highest BCUT2D eigenvalue weighted by Gasteiger charge is 2.27. The van der Waals surface area contributed by atoms with Crippen molar-refractivity contribution in [1.29, 1.82) is 0 Å². The van der Waals surface area contributed by atoms with Crippen LogP contribution in [0.25, 0.3) is 6.08 Å². The van der Waals surface area contributed by atoms with E-state index in [0.717, 1.165) is 6.08 Å². The van der Waals surface area contributed by atoms with Gasteiger partial charge >= 0.3 is 5.92 Å². The topological polar surface area (TPSA) is 38.0 Å². The molecule has 1 aromatic rings. The van der Waals surface area contributed by atoms with Crippen LogP contribution in [0.4, 0.5) is 8.78 Å². The summed E-state index contributed by atoms with van der Waals surface area (Å²) in [7, 11) is 1.65. The summed E-state index contributed by atoms with van der Waals surface area (Å²) in [5, 5.41) is 8.94. The Hall–Kier alpha value is -1.39. The standard InChI is InChI=1S/C8H10F2N2O/c1-8(9,10)6(13)5-7-11-3-4-12(7)2/h3-5,13H,1-2H3. The number of aliphatic hydroxyl groups excluding tert-OH is 1. The molecule has 0 saturated heterocycles. The first-order chi connectivity index (χ1) is 5.91. The summed E-state index contributed by atoms with van der Waals surface area (Å²) in [4.78, 5) is 3.76. The van der Waals surface area contributed by atoms with Gasteiger partial charge in [0.2, 0.25) is 0 Å². The number of aryl methyl sites for hydroxylation is 1. The van der Waals surface area contributed by atoms with Crippen LogP contribution in [0.15, 0.2) is 18.2 Å². The SMILES string of the molecule is Cn1ccnc1C=C(O)C(C)(F)F. The van der Waals surface area contributed by atoms with Crippen LogP contribution in [0.2, 0.25) is 0 Å². The highest BCUT2D eigenvalue weighted by atomic mass is 19.3. The van der Waals surface area contributed by atoms with E-state index in [2.05, 4.69) is 4.98 Å². The number of alkyl halides is 2. The third-order valence-electron chi connectivity index (χ3n) is 1.57. The van der Waals surface area contributed by atoms with E-state index in [1.165, 1.54) is 10.8 Å². The molecule has 0 bridgehead atoms. The van der Waals surface area contributed by atoms with E-state index in [9.17, 15) is 8.78 Å². The minimum Gasteiger partial charge on any atom is -0.506 e. The Bertz CT molecular complexity index is 325. The molecule has 0 fully saturated rings. The van der Waals surface area contributed by atoms with Gasteiger partial charge in [-0.1, -0.05) is 0 Å². The predicted octanol–water partition coefficient (Wildman–Crippen LogP) is 1.97. The molecule has 0 aliphatic heterocycles. The Morgan fingerprint density at radius 2 is 2.31 bits per heavy atom. The van der Waals surface area contributed by atoms with E-state index in [-0.39, 0.29) is 0 Å². The van der Waals surface area contributed by atoms with Crippen LogP contribution in [-0.4, -0.2) is 20.6 Å². The van der Waals surface area contributed by atoms with Crippen LogP contribution >= 0.6 is 0 Å². The number of allylic oxidation sites excluding steroid dienone is 1. The maximum Gasteiger partial charge on any atom is 0.301 e. The second-order valence-corrected chi connectivity index (χ2v) is 2.81. The lowest BCUT2D eigenvalue weighted by Crippen LogP contribution is -2.13. The maximum atomic E-state index is 12.5. The van der Waals surface area contributed by atoms with E-state index < -0.39 is 11.7 Å². The number of aliphatic hydroxyl groups is 1. The fourth-order valence-corrected chi connectivity index (χ4v) is 0.765. The Morgan fingerprint density at radius 3 is 2.69 bits per heavy atom. The largest absolute Gasteiger partial charge is 0.506 e. The Labute approximate surface area is 74.3 Å². The molecule has 72 valence electrons. The summed E-state index contributed by atoms with van der Waals surface area (Å²) < 4.78 is 26.5. The first kappa shape index (κ1) is 9.70. The number of hydrogen-bond acceptors (Lipinski definition) is 2. The molecular weight excluding hydrogens is 178 g/mol. The summed E-state index contributed by atoms with van der Waals surface area (Å²) in [6.45, 7) is 0.627. The monoisotopic (exact) mass is 188 g/mol. The number of rotatable bonds is 2. The molecule has 1 aromatic heterocycles. The van der Waals surface area contributed by atoms with E-state index >= 15 is 0 Å². The second-order valence-electron chi connectivity index (χ2n) is 2.81. The van der Waals surface area contributed by atoms with Gasteiger partial charge in [-0.2, -0.15) is 8.78 Å². The second kappa shape index (κ2) is 3.16. The number of hydrogen-bond donors (Lipinski definition) is 1. The van der Waals surface area contributed by atoms with Gasteiger partial charge in [0.25, 0.3) is 0 Å². The molecule has 0 aliphatic carbocycles. The van der Waals surface area contributed by atoms with Gasteiger partial charge in [0.15, 0.2) is 5.76 Å². The molecule has 1 rings (SSSR count). The molecule has 1 heterocycles. The maximum absolute atomic E-state index is 12.5. The number of aromatic nitrogens is 2. The number of nitrogens with zero attached hydrogens (tertiary/aromatic N) is 2. The van der Waals surface area contributed by atoms with Crippen molar-refractivity contribution >= 4 is 6.08 Å². The molecule has 0 aliphatic rings. The van der Waals surface area contributed by atoms with Gasteiger partial charge in [0.05, 0.1) is 0 Å². The smallest absolute Gasteiger partial charge is 0.301 e. The van der Waals surface area contributed by atoms with Gasteiger partial charge in [0, 0.05) is 32.4 Å². The normalized spacial score (nSPS) is 13.4. The summed E-state index contributed by atoms with van der Waals surface area (Å²) in [6, 6.07) is 0. The highest BCUT2D eigenvalue weighted by molar-refractivity contribution is 5.44. The molecule has 13 heavy (non-hydrogen) atoms. The summed E-state index contributed by atoms with van der Waals surface area (Å²) in [5.41, 5.74) is 0. The fraction of sp³-hybridized carbons (Fsp3) is 0.375. The van der Waals surface area contributed by atoms with E-state index in [1.54, 1.807) is 13.2 Å². The zero-order valence-corrected chi connectivity index (χ0v) is 7.33. The van der Waals surface area contributed by atoms with Crippen molar-refractivity contribution in [2.75, 3.05) is 0 Å². The minimum absolute atomic E-state index is 0.291. The lowest BCUT2D eigenvalue weighted by molar-refractivity contribution is 0.0207. The van der Waals surface area contributed by atoms with Gasteiger partial charge in [-0.25, -0.2) is 4.98 Å². The molecule has 1 N–H and O–H groups in total. The van der Waals surface area contributed by atoms with Gasteiger partial charge in [-0.3, -0.25) is 0 Å². The lowest BCUT2D eigenvalue weighted by Gasteiger charge is -2.08. The van der Waals surface area contributed by atoms with Gasteiger partial charge in [-0.05, 0) is 0 Å². The predicted molar refractivity (Wildman–Crippen MR) is 44.4 cm³/mol. The first-order valence-electron chi connectivity index (χ1n) is 3.67. The Morgan fingerprint density at radius 1 is 1.69 bits per heavy atom. The average molecular weight is 188 g/mol. The molecule has 0 radical (unpaired) electrons. The van der Waals surface area contributed by atoms with Crippen LogP contribution in [0.5, 0.6) is 0 Å². The van der Waals surface area contributed by atoms with Crippen molar-refractivity contribution in [3.05, 3.63) is 24.0 Å². The summed E-state index contributed by atoms with van der Waals surface area (Å²) in [6.07, 6.45) is 4.01. The zero-order chi connectivity index (χ0) is 10.1. The van der Waals surface area contributed by atoms with Crippen molar-refractivity contribution in [3.63, 3.8) is 0 Å². The molecule has 3 nitrogen and oxygen atoms in total. The Balaban J connectivity index is 2.96. The molecule has 5 heteroatoms. The van der Waals surface area contributed by atoms with Crippen molar-refractivity contribution < 1.29 is 13.9 Å². The molecule has 0 atom stereocenters. The van der Waals surface area contributed by atoms with Gasteiger partial charge in [-0.15, -0.1) is 0 Å². The van der Waals surface area contributed by atoms with Crippen LogP contribution in [-0.2, 0) is 7.05 Å². The minimum atomic E-state index is -3.22. The quantitative estimate of drug-likeness (QED) is 0.720. The lowest BCUT2D eigenvalue weighted by atomic mass is 10.3. The zero-order valence-electron chi connectivity index (χ0n) is 7.33. The molecule has 0 amide bonds. The molecule has 0 unspecified atom stereocenters. The third-order valence-corrected chi connectivity index (χ3v) is 1.57. The fourth-order valence-electron chi connectivity index (χ4n) is 0.765. The molecule has 0 aromatic carbocycles. The molecule has 0 saturated carbocycles. The third kappa shape index (κ3) is 2.27. The van der Waals surface area contributed by atoms with E-state index in [4.69, 9.17) is 5.11 Å². The highest BCUT2D eigenvalue weighted by Crippen LogP contribution is 2.21. The molecule has 0 spiro atoms. The van der Waals surface area contributed by atoms with Crippen LogP contribution in [0.1, 0.15) is 12.7 Å². The summed E-state index contributed by atoms with van der Waals surface area (Å²) in [5.74, 6) is -3.91. The van der Waals surface area contributed by atoms with Crippen LogP contribution in [0.3, 0.4) is 0 Å².